The number of aliphatic imine (C=N–C) groups is 1. The molecule has 1 aliphatic carbocycles. The Morgan fingerprint density at radius 1 is 1.18 bits per heavy atom. The van der Waals surface area contributed by atoms with Crippen LogP contribution >= 0.6 is 24.0 Å². The summed E-state index contributed by atoms with van der Waals surface area (Å²) in [7, 11) is 0. The van der Waals surface area contributed by atoms with E-state index in [-0.39, 0.29) is 29.9 Å². The molecule has 1 amide bonds. The first-order chi connectivity index (χ1) is 13.2. The Balaban J connectivity index is 0.00000280. The zero-order valence-corrected chi connectivity index (χ0v) is 18.3. The van der Waals surface area contributed by atoms with E-state index in [9.17, 15) is 4.79 Å². The summed E-state index contributed by atoms with van der Waals surface area (Å²) in [6, 6.07) is 11.6. The monoisotopic (exact) mass is 494 g/mol. The fourth-order valence-corrected chi connectivity index (χ4v) is 2.91. The van der Waals surface area contributed by atoms with Crippen LogP contribution in [0.15, 0.2) is 64.2 Å². The first kappa shape index (κ1) is 22.0. The molecule has 0 unspecified atom stereocenters. The molecule has 0 saturated carbocycles. The van der Waals surface area contributed by atoms with Gasteiger partial charge in [0.05, 0.1) is 19.4 Å². The number of carbonyl (C=O) groups is 1. The van der Waals surface area contributed by atoms with Crippen LogP contribution in [-0.4, -0.2) is 24.5 Å². The number of guanidine groups is 1. The molecule has 3 rings (SSSR count). The Hall–Kier alpha value is -2.29. The van der Waals surface area contributed by atoms with Crippen molar-refractivity contribution in [1.82, 2.24) is 16.0 Å². The van der Waals surface area contributed by atoms with Gasteiger partial charge >= 0.3 is 0 Å². The summed E-state index contributed by atoms with van der Waals surface area (Å²) < 4.78 is 5.24. The predicted octanol–water partition coefficient (Wildman–Crippen LogP) is 3.60. The van der Waals surface area contributed by atoms with E-state index in [4.69, 9.17) is 4.42 Å². The molecule has 1 aromatic heterocycles. The third-order valence-electron chi connectivity index (χ3n) is 4.31. The van der Waals surface area contributed by atoms with Gasteiger partial charge in [-0.1, -0.05) is 24.3 Å². The summed E-state index contributed by atoms with van der Waals surface area (Å²) >= 11 is 0. The van der Waals surface area contributed by atoms with E-state index in [1.807, 2.05) is 31.2 Å². The lowest BCUT2D eigenvalue weighted by molar-refractivity contribution is 0.0948. The molecule has 1 aliphatic rings. The van der Waals surface area contributed by atoms with Gasteiger partial charge in [0.2, 0.25) is 0 Å². The predicted molar refractivity (Wildman–Crippen MR) is 122 cm³/mol. The standard InChI is InChI=1S/C21H26N4O2.HI/c1-2-22-21(25-18-9-3-4-10-18)24-14-16-7-5-8-17(13-16)20(26)23-15-19-11-6-12-27-19;/h3-8,11-13,18H,2,9-10,14-15H2,1H3,(H,23,26)(H2,22,24,25);1H. The number of benzene rings is 1. The Kier molecular flexibility index (Phi) is 9.06. The number of hydrogen-bond acceptors (Lipinski definition) is 3. The zero-order chi connectivity index (χ0) is 18.9. The Morgan fingerprint density at radius 3 is 2.71 bits per heavy atom. The fraction of sp³-hybridized carbons (Fsp3) is 0.333. The molecule has 28 heavy (non-hydrogen) atoms. The first-order valence-electron chi connectivity index (χ1n) is 9.34. The van der Waals surface area contributed by atoms with Crippen molar-refractivity contribution < 1.29 is 9.21 Å². The summed E-state index contributed by atoms with van der Waals surface area (Å²) in [6.07, 6.45) is 8.02. The van der Waals surface area contributed by atoms with Gasteiger partial charge in [-0.3, -0.25) is 4.79 Å². The Bertz CT molecular complexity index is 794. The zero-order valence-electron chi connectivity index (χ0n) is 16.0. The lowest BCUT2D eigenvalue weighted by Crippen LogP contribution is -2.42. The van der Waals surface area contributed by atoms with Crippen LogP contribution in [0.2, 0.25) is 0 Å². The molecule has 150 valence electrons. The number of amides is 1. The van der Waals surface area contributed by atoms with Crippen LogP contribution < -0.4 is 16.0 Å². The summed E-state index contributed by atoms with van der Waals surface area (Å²) in [5.41, 5.74) is 1.61. The summed E-state index contributed by atoms with van der Waals surface area (Å²) in [6.45, 7) is 3.74. The average Bonchev–Trinajstić information content (AvgIpc) is 3.38. The van der Waals surface area contributed by atoms with Crippen molar-refractivity contribution in [2.45, 2.75) is 38.9 Å². The van der Waals surface area contributed by atoms with Gasteiger partial charge < -0.3 is 20.4 Å². The minimum atomic E-state index is -0.126. The van der Waals surface area contributed by atoms with Gasteiger partial charge in [0.25, 0.3) is 5.91 Å². The highest BCUT2D eigenvalue weighted by Gasteiger charge is 2.12. The Labute approximate surface area is 182 Å². The second kappa shape index (κ2) is 11.5. The summed E-state index contributed by atoms with van der Waals surface area (Å²) in [5.74, 6) is 1.41. The van der Waals surface area contributed by atoms with Crippen molar-refractivity contribution >= 4 is 35.8 Å². The molecule has 3 N–H and O–H groups in total. The molecule has 0 saturated heterocycles. The largest absolute Gasteiger partial charge is 0.467 e. The molecule has 1 aromatic carbocycles. The maximum absolute atomic E-state index is 12.3. The van der Waals surface area contributed by atoms with Gasteiger partial charge in [0.15, 0.2) is 5.96 Å². The number of carbonyl (C=O) groups excluding carboxylic acids is 1. The molecule has 0 atom stereocenters. The highest BCUT2D eigenvalue weighted by Crippen LogP contribution is 2.10. The molecule has 0 aliphatic heterocycles. The maximum atomic E-state index is 12.3. The third kappa shape index (κ3) is 6.70. The van der Waals surface area contributed by atoms with Crippen LogP contribution in [0.3, 0.4) is 0 Å². The molecule has 7 heteroatoms. The van der Waals surface area contributed by atoms with Gasteiger partial charge in [-0.2, -0.15) is 0 Å². The lowest BCUT2D eigenvalue weighted by Gasteiger charge is -2.16. The SMILES string of the molecule is CCNC(=NCc1cccc(C(=O)NCc2ccco2)c1)NC1CC=CC1.I. The van der Waals surface area contributed by atoms with Gasteiger partial charge in [0.1, 0.15) is 5.76 Å². The molecule has 0 bridgehead atoms. The molecule has 0 fully saturated rings. The van der Waals surface area contributed by atoms with Crippen molar-refractivity contribution in [1.29, 1.82) is 0 Å². The molecule has 6 nitrogen and oxygen atoms in total. The molecule has 1 heterocycles. The van der Waals surface area contributed by atoms with E-state index in [0.29, 0.717) is 24.7 Å². The Morgan fingerprint density at radius 2 is 2.00 bits per heavy atom. The average molecular weight is 494 g/mol. The van der Waals surface area contributed by atoms with E-state index in [1.54, 1.807) is 18.4 Å². The van der Waals surface area contributed by atoms with E-state index < -0.39 is 0 Å². The number of furan rings is 1. The second-order valence-corrected chi connectivity index (χ2v) is 6.44. The molecule has 0 radical (unpaired) electrons. The normalized spacial score (nSPS) is 13.8. The maximum Gasteiger partial charge on any atom is 0.251 e. The van der Waals surface area contributed by atoms with E-state index in [2.05, 4.69) is 33.1 Å². The van der Waals surface area contributed by atoms with Gasteiger partial charge in [-0.25, -0.2) is 4.99 Å². The second-order valence-electron chi connectivity index (χ2n) is 6.44. The highest BCUT2D eigenvalue weighted by molar-refractivity contribution is 14.0. The topological polar surface area (TPSA) is 78.7 Å². The van der Waals surface area contributed by atoms with Crippen molar-refractivity contribution in [2.75, 3.05) is 6.54 Å². The number of rotatable bonds is 7. The number of nitrogens with zero attached hydrogens (tertiary/aromatic N) is 1. The van der Waals surface area contributed by atoms with Crippen LogP contribution in [0.4, 0.5) is 0 Å². The number of hydrogen-bond donors (Lipinski definition) is 3. The molecule has 0 spiro atoms. The smallest absolute Gasteiger partial charge is 0.251 e. The minimum Gasteiger partial charge on any atom is -0.467 e. The molecular formula is C21H27IN4O2. The van der Waals surface area contributed by atoms with Crippen LogP contribution in [-0.2, 0) is 13.1 Å². The third-order valence-corrected chi connectivity index (χ3v) is 4.31. The fourth-order valence-electron chi connectivity index (χ4n) is 2.91. The summed E-state index contributed by atoms with van der Waals surface area (Å²) in [4.78, 5) is 17.0. The quantitative estimate of drug-likeness (QED) is 0.238. The van der Waals surface area contributed by atoms with Gasteiger partial charge in [-0.05, 0) is 49.6 Å². The minimum absolute atomic E-state index is 0. The van der Waals surface area contributed by atoms with Gasteiger partial charge in [0, 0.05) is 18.2 Å². The van der Waals surface area contributed by atoms with E-state index >= 15 is 0 Å². The van der Waals surface area contributed by atoms with E-state index in [0.717, 1.165) is 36.7 Å². The highest BCUT2D eigenvalue weighted by atomic mass is 127. The first-order valence-corrected chi connectivity index (χ1v) is 9.34. The van der Waals surface area contributed by atoms with Crippen LogP contribution in [0.1, 0.15) is 41.4 Å². The number of halogens is 1. The van der Waals surface area contributed by atoms with Crippen LogP contribution in [0.5, 0.6) is 0 Å². The number of nitrogens with one attached hydrogen (secondary N) is 3. The van der Waals surface area contributed by atoms with Crippen molar-refractivity contribution in [3.63, 3.8) is 0 Å². The van der Waals surface area contributed by atoms with Crippen molar-refractivity contribution in [3.8, 4) is 0 Å². The van der Waals surface area contributed by atoms with Crippen LogP contribution in [0, 0.1) is 0 Å². The lowest BCUT2D eigenvalue weighted by atomic mass is 10.1. The summed E-state index contributed by atoms with van der Waals surface area (Å²) in [5, 5.41) is 9.58. The van der Waals surface area contributed by atoms with Crippen LogP contribution in [0.25, 0.3) is 0 Å². The van der Waals surface area contributed by atoms with Crippen molar-refractivity contribution in [2.24, 2.45) is 4.99 Å². The molecule has 2 aromatic rings. The van der Waals surface area contributed by atoms with Crippen molar-refractivity contribution in [3.05, 3.63) is 71.7 Å². The van der Waals surface area contributed by atoms with Gasteiger partial charge in [-0.15, -0.1) is 24.0 Å². The van der Waals surface area contributed by atoms with E-state index in [1.165, 1.54) is 0 Å². The molecular weight excluding hydrogens is 467 g/mol.